The number of para-hydroxylation sites is 1. The van der Waals surface area contributed by atoms with Gasteiger partial charge >= 0.3 is 5.89 Å². The number of likely N-dealkylation sites (N-methyl/N-ethyl adjacent to an activating group) is 1. The zero-order chi connectivity index (χ0) is 26.6. The van der Waals surface area contributed by atoms with Gasteiger partial charge in [0.1, 0.15) is 11.2 Å². The lowest BCUT2D eigenvalue weighted by molar-refractivity contribution is -0.674. The van der Waals surface area contributed by atoms with Gasteiger partial charge in [-0.2, -0.15) is 4.57 Å². The van der Waals surface area contributed by atoms with Crippen molar-refractivity contribution < 1.29 is 8.98 Å². The molecule has 38 heavy (non-hydrogen) atoms. The number of hydrogen-bond acceptors (Lipinski definition) is 4. The van der Waals surface area contributed by atoms with Crippen molar-refractivity contribution in [2.45, 2.75) is 46.2 Å². The molecule has 5 nitrogen and oxygen atoms in total. The van der Waals surface area contributed by atoms with Crippen LogP contribution in [0.5, 0.6) is 0 Å². The topological polar surface area (TPSA) is 42.3 Å². The van der Waals surface area contributed by atoms with E-state index in [4.69, 9.17) is 4.42 Å². The fourth-order valence-corrected chi connectivity index (χ4v) is 6.82. The van der Waals surface area contributed by atoms with E-state index >= 15 is 0 Å². The summed E-state index contributed by atoms with van der Waals surface area (Å²) >= 11 is 1.51. The third-order valence-electron chi connectivity index (χ3n) is 7.77. The molecule has 192 valence electrons. The molecule has 3 aromatic carbocycles. The molecule has 2 aromatic heterocycles. The molecule has 0 radical (unpaired) electrons. The van der Waals surface area contributed by atoms with E-state index in [1.807, 2.05) is 35.8 Å². The van der Waals surface area contributed by atoms with Crippen molar-refractivity contribution in [3.63, 3.8) is 0 Å². The summed E-state index contributed by atoms with van der Waals surface area (Å²) in [6.45, 7) is 9.97. The van der Waals surface area contributed by atoms with Crippen LogP contribution in [-0.4, -0.2) is 11.6 Å². The highest BCUT2D eigenvalue weighted by Crippen LogP contribution is 2.46. The number of rotatable bonds is 4. The second-order valence-corrected chi connectivity index (χ2v) is 11.3. The standard InChI is InChI=1S/C32H32N3O2S/c1-6-34-25-17-16-21-12-8-9-13-22(21)30(25)37-28(34)20-29-35(7-2)31(36)26(38-29)18-19-27-32(3,4)23-14-10-11-15-24(23)33(27)5/h8-20H,6-7H2,1-5H3/q+1/b26-18-,27-19+. The van der Waals surface area contributed by atoms with Crippen LogP contribution in [0.25, 0.3) is 34.0 Å². The van der Waals surface area contributed by atoms with Gasteiger partial charge < -0.3 is 9.32 Å². The molecule has 0 aliphatic carbocycles. The summed E-state index contributed by atoms with van der Waals surface area (Å²) in [6, 6.07) is 21.0. The van der Waals surface area contributed by atoms with Gasteiger partial charge in [-0.1, -0.05) is 56.3 Å². The molecule has 0 N–H and O–H groups in total. The van der Waals surface area contributed by atoms with E-state index in [-0.39, 0.29) is 11.0 Å². The highest BCUT2D eigenvalue weighted by atomic mass is 32.1. The molecule has 5 aromatic rings. The molecule has 1 aliphatic rings. The van der Waals surface area contributed by atoms with E-state index in [0.717, 1.165) is 43.5 Å². The van der Waals surface area contributed by atoms with Crippen LogP contribution < -0.4 is 24.2 Å². The van der Waals surface area contributed by atoms with E-state index < -0.39 is 0 Å². The average molecular weight is 523 g/mol. The molecule has 3 heterocycles. The molecule has 0 unspecified atom stereocenters. The number of fused-ring (bicyclic) bond motifs is 4. The van der Waals surface area contributed by atoms with Gasteiger partial charge in [0, 0.05) is 41.8 Å². The van der Waals surface area contributed by atoms with Crippen molar-refractivity contribution >= 4 is 51.0 Å². The monoisotopic (exact) mass is 522 g/mol. The second-order valence-electron chi connectivity index (χ2n) is 10.2. The van der Waals surface area contributed by atoms with Crippen molar-refractivity contribution in [1.29, 1.82) is 0 Å². The van der Waals surface area contributed by atoms with Crippen LogP contribution in [0.15, 0.2) is 81.6 Å². The first-order valence-electron chi connectivity index (χ1n) is 13.2. The molecule has 0 saturated carbocycles. The zero-order valence-corrected chi connectivity index (χ0v) is 23.3. The Kier molecular flexibility index (Phi) is 5.88. The van der Waals surface area contributed by atoms with Crippen LogP contribution in [0.4, 0.5) is 5.69 Å². The van der Waals surface area contributed by atoms with Gasteiger partial charge in [0.2, 0.25) is 5.58 Å². The number of aryl methyl sites for hydroxylation is 1. The molecule has 6 rings (SSSR count). The average Bonchev–Trinajstić information content (AvgIpc) is 3.50. The quantitative estimate of drug-likeness (QED) is 0.310. The van der Waals surface area contributed by atoms with Crippen LogP contribution in [0, 0.1) is 0 Å². The van der Waals surface area contributed by atoms with E-state index in [1.54, 1.807) is 0 Å². The second kappa shape index (κ2) is 9.14. The van der Waals surface area contributed by atoms with Crippen molar-refractivity contribution in [1.82, 2.24) is 4.57 Å². The van der Waals surface area contributed by atoms with Gasteiger partial charge in [0.15, 0.2) is 0 Å². The first-order valence-corrected chi connectivity index (χ1v) is 14.0. The summed E-state index contributed by atoms with van der Waals surface area (Å²) in [7, 11) is 2.10. The zero-order valence-electron chi connectivity index (χ0n) is 22.5. The number of nitrogens with zero attached hydrogens (tertiary/aromatic N) is 3. The lowest BCUT2D eigenvalue weighted by atomic mass is 9.84. The molecule has 1 aliphatic heterocycles. The minimum absolute atomic E-state index is 0.0289. The number of hydrogen-bond donors (Lipinski definition) is 0. The number of thiazole rings is 1. The van der Waals surface area contributed by atoms with Gasteiger partial charge in [-0.3, -0.25) is 9.36 Å². The van der Waals surface area contributed by atoms with Crippen molar-refractivity contribution in [3.05, 3.63) is 103 Å². The Morgan fingerprint density at radius 2 is 1.76 bits per heavy atom. The van der Waals surface area contributed by atoms with Crippen molar-refractivity contribution in [2.75, 3.05) is 11.9 Å². The first kappa shape index (κ1) is 24.4. The molecule has 0 spiro atoms. The number of allylic oxidation sites excluding steroid dienone is 2. The molecular formula is C32H32N3O2S+. The van der Waals surface area contributed by atoms with Gasteiger partial charge in [0.25, 0.3) is 11.1 Å². The lowest BCUT2D eigenvalue weighted by Crippen LogP contribution is -2.35. The highest BCUT2D eigenvalue weighted by Gasteiger charge is 2.37. The van der Waals surface area contributed by atoms with Gasteiger partial charge in [0.05, 0.1) is 10.6 Å². The molecule has 0 atom stereocenters. The van der Waals surface area contributed by atoms with Crippen molar-refractivity contribution in [3.8, 4) is 0 Å². The van der Waals surface area contributed by atoms with E-state index in [1.165, 1.54) is 28.3 Å². The lowest BCUT2D eigenvalue weighted by Gasteiger charge is -2.23. The minimum atomic E-state index is -0.137. The van der Waals surface area contributed by atoms with Crippen LogP contribution in [0.3, 0.4) is 0 Å². The molecule has 0 saturated heterocycles. The predicted octanol–water partition coefficient (Wildman–Crippen LogP) is 5.06. The molecule has 0 bridgehead atoms. The SMILES string of the molecule is CCn1c(=O)/c(=C/C=C2/N(C)c3ccccc3C2(C)C)s/c1=C\c1oc2c3ccccc3ccc2[n+]1CC. The van der Waals surface area contributed by atoms with E-state index in [2.05, 4.69) is 91.9 Å². The maximum atomic E-state index is 13.4. The van der Waals surface area contributed by atoms with Crippen molar-refractivity contribution in [2.24, 2.45) is 0 Å². The minimum Gasteiger partial charge on any atom is -0.397 e. The van der Waals surface area contributed by atoms with Gasteiger partial charge in [-0.15, -0.1) is 11.3 Å². The van der Waals surface area contributed by atoms with Crippen LogP contribution in [0.2, 0.25) is 0 Å². The maximum Gasteiger partial charge on any atom is 0.377 e. The summed E-state index contributed by atoms with van der Waals surface area (Å²) in [5.41, 5.74) is 5.51. The number of benzene rings is 3. The Labute approximate surface area is 225 Å². The third-order valence-corrected chi connectivity index (χ3v) is 8.85. The molecular weight excluding hydrogens is 490 g/mol. The summed E-state index contributed by atoms with van der Waals surface area (Å²) < 4.78 is 12.0. The Morgan fingerprint density at radius 1 is 1.00 bits per heavy atom. The van der Waals surface area contributed by atoms with Crippen LogP contribution in [0.1, 0.15) is 39.1 Å². The Hall–Kier alpha value is -3.90. The van der Waals surface area contributed by atoms with Gasteiger partial charge in [-0.05, 0) is 49.1 Å². The molecule has 6 heteroatoms. The normalized spacial score (nSPS) is 16.9. The fraction of sp³-hybridized carbons (Fsp3) is 0.250. The van der Waals surface area contributed by atoms with Crippen LogP contribution in [-0.2, 0) is 18.5 Å². The maximum absolute atomic E-state index is 13.4. The number of anilines is 1. The number of aromatic nitrogens is 2. The summed E-state index contributed by atoms with van der Waals surface area (Å²) in [5, 5.41) is 2.24. The predicted molar refractivity (Wildman–Crippen MR) is 157 cm³/mol. The number of oxazole rings is 1. The van der Waals surface area contributed by atoms with Crippen LogP contribution >= 0.6 is 11.3 Å². The van der Waals surface area contributed by atoms with Gasteiger partial charge in [-0.25, -0.2) is 0 Å². The largest absolute Gasteiger partial charge is 0.397 e. The molecule has 0 fully saturated rings. The molecule has 0 amide bonds. The van der Waals surface area contributed by atoms with E-state index in [9.17, 15) is 4.79 Å². The third kappa shape index (κ3) is 3.66. The highest BCUT2D eigenvalue weighted by molar-refractivity contribution is 7.07. The summed E-state index contributed by atoms with van der Waals surface area (Å²) in [6.07, 6.45) is 6.10. The Bertz CT molecular complexity index is 1920. The summed E-state index contributed by atoms with van der Waals surface area (Å²) in [5.74, 6) is 0.749. The fourth-order valence-electron chi connectivity index (χ4n) is 5.78. The Morgan fingerprint density at radius 3 is 2.53 bits per heavy atom. The first-order chi connectivity index (χ1) is 18.3. The summed E-state index contributed by atoms with van der Waals surface area (Å²) in [4.78, 5) is 15.7. The smallest absolute Gasteiger partial charge is 0.377 e. The van der Waals surface area contributed by atoms with E-state index in [0.29, 0.717) is 6.54 Å². The Balaban J connectivity index is 1.51.